The van der Waals surface area contributed by atoms with Crippen molar-refractivity contribution in [2.24, 2.45) is 0 Å². The number of nitrogens with zero attached hydrogens (tertiary/aromatic N) is 2. The van der Waals surface area contributed by atoms with Crippen LogP contribution in [0.4, 0.5) is 13.2 Å². The van der Waals surface area contributed by atoms with Gasteiger partial charge in [-0.2, -0.15) is 13.2 Å². The summed E-state index contributed by atoms with van der Waals surface area (Å²) in [6, 6.07) is 10.4. The molecule has 4 rings (SSSR count). The van der Waals surface area contributed by atoms with E-state index in [0.717, 1.165) is 25.0 Å². The number of rotatable bonds is 6. The van der Waals surface area contributed by atoms with E-state index in [1.807, 2.05) is 17.0 Å². The summed E-state index contributed by atoms with van der Waals surface area (Å²) in [7, 11) is 1.36. The van der Waals surface area contributed by atoms with E-state index >= 15 is 0 Å². The minimum Gasteiger partial charge on any atom is -0.468 e. The Morgan fingerprint density at radius 3 is 2.11 bits per heavy atom. The Morgan fingerprint density at radius 1 is 1.03 bits per heavy atom. The number of hydrogen-bond donors (Lipinski definition) is 1. The van der Waals surface area contributed by atoms with Crippen LogP contribution < -0.4 is 0 Å². The second kappa shape index (κ2) is 9.26. The van der Waals surface area contributed by atoms with Crippen molar-refractivity contribution in [3.63, 3.8) is 0 Å². The molecule has 1 N–H and O–H groups in total. The highest BCUT2D eigenvalue weighted by Crippen LogP contribution is 2.44. The highest BCUT2D eigenvalue weighted by atomic mass is 19.4. The third-order valence-corrected chi connectivity index (χ3v) is 7.35. The number of hydrogen-bond acceptors (Lipinski definition) is 5. The van der Waals surface area contributed by atoms with Crippen molar-refractivity contribution in [2.45, 2.75) is 74.7 Å². The molecule has 2 aliphatic carbocycles. The first kappa shape index (κ1) is 25.2. The molecule has 2 fully saturated rings. The molecule has 0 aliphatic heterocycles. The van der Waals surface area contributed by atoms with Gasteiger partial charge in [0.1, 0.15) is 5.41 Å². The summed E-state index contributed by atoms with van der Waals surface area (Å²) in [6.07, 6.45) is 0.656. The highest BCUT2D eigenvalue weighted by molar-refractivity contribution is 5.95. The maximum Gasteiger partial charge on any atom is 0.421 e. The van der Waals surface area contributed by atoms with Gasteiger partial charge in [-0.3, -0.25) is 14.6 Å². The molecule has 2 aromatic rings. The van der Waals surface area contributed by atoms with Crippen LogP contribution >= 0.6 is 0 Å². The fourth-order valence-corrected chi connectivity index (χ4v) is 5.01. The van der Waals surface area contributed by atoms with Crippen LogP contribution in [0.5, 0.6) is 0 Å². The molecule has 1 aromatic carbocycles. The topological polar surface area (TPSA) is 79.7 Å². The third-order valence-electron chi connectivity index (χ3n) is 7.35. The van der Waals surface area contributed by atoms with Gasteiger partial charge >= 0.3 is 12.1 Å². The van der Waals surface area contributed by atoms with Gasteiger partial charge in [-0.15, -0.1) is 0 Å². The van der Waals surface area contributed by atoms with Crippen LogP contribution in [0, 0.1) is 0 Å². The molecule has 2 aliphatic rings. The number of amides is 1. The molecule has 35 heavy (non-hydrogen) atoms. The van der Waals surface area contributed by atoms with Gasteiger partial charge in [0.15, 0.2) is 5.60 Å². The largest absolute Gasteiger partial charge is 0.468 e. The van der Waals surface area contributed by atoms with E-state index < -0.39 is 17.2 Å². The van der Waals surface area contributed by atoms with Gasteiger partial charge in [-0.05, 0) is 75.3 Å². The van der Waals surface area contributed by atoms with E-state index in [9.17, 15) is 27.9 Å². The first-order valence-electron chi connectivity index (χ1n) is 11.7. The van der Waals surface area contributed by atoms with Crippen molar-refractivity contribution >= 4 is 11.9 Å². The predicted molar refractivity (Wildman–Crippen MR) is 121 cm³/mol. The molecule has 0 radical (unpaired) electrons. The zero-order valence-electron chi connectivity index (χ0n) is 19.7. The molecule has 1 amide bonds. The summed E-state index contributed by atoms with van der Waals surface area (Å²) in [4.78, 5) is 32.5. The Balaban J connectivity index is 1.53. The molecule has 6 nitrogen and oxygen atoms in total. The van der Waals surface area contributed by atoms with Gasteiger partial charge in [0, 0.05) is 23.8 Å². The van der Waals surface area contributed by atoms with Gasteiger partial charge in [0.2, 0.25) is 0 Å². The quantitative estimate of drug-likeness (QED) is 0.603. The van der Waals surface area contributed by atoms with Crippen molar-refractivity contribution in [3.05, 3.63) is 65.5 Å². The van der Waals surface area contributed by atoms with Crippen LogP contribution in [0.25, 0.3) is 0 Å². The number of aliphatic hydroxyl groups is 1. The lowest BCUT2D eigenvalue weighted by Gasteiger charge is -2.42. The summed E-state index contributed by atoms with van der Waals surface area (Å²) in [5, 5.41) is 9.91. The number of methoxy groups -OCH3 is 1. The highest BCUT2D eigenvalue weighted by Gasteiger charge is 2.51. The molecule has 1 atom stereocenters. The van der Waals surface area contributed by atoms with Crippen LogP contribution in [0.2, 0.25) is 0 Å². The van der Waals surface area contributed by atoms with Crippen LogP contribution in [0.1, 0.15) is 67.1 Å². The summed E-state index contributed by atoms with van der Waals surface area (Å²) in [5.74, 6) is -0.592. The Hall–Kier alpha value is -2.94. The van der Waals surface area contributed by atoms with Crippen LogP contribution in [-0.2, 0) is 20.5 Å². The maximum atomic E-state index is 13.4. The van der Waals surface area contributed by atoms with Crippen molar-refractivity contribution < 1.29 is 32.6 Å². The van der Waals surface area contributed by atoms with Gasteiger partial charge in [0.05, 0.1) is 12.8 Å². The van der Waals surface area contributed by atoms with E-state index in [1.54, 1.807) is 12.3 Å². The number of aromatic nitrogens is 1. The molecule has 0 bridgehead atoms. The Bertz CT molecular complexity index is 1060. The SMILES string of the molecule is COC(=O)C1(c2ccccn2)CCC(N(C(=O)c2ccc([C@](C)(O)C(F)(F)F)cc2)C2CC2)CC1. The average Bonchev–Trinajstić information content (AvgIpc) is 3.69. The maximum absolute atomic E-state index is 13.4. The zero-order chi connectivity index (χ0) is 25.4. The lowest BCUT2D eigenvalue weighted by atomic mass is 9.69. The molecule has 0 spiro atoms. The summed E-state index contributed by atoms with van der Waals surface area (Å²) in [5.41, 5.74) is -3.27. The molecule has 9 heteroatoms. The van der Waals surface area contributed by atoms with Gasteiger partial charge in [-0.1, -0.05) is 18.2 Å². The van der Waals surface area contributed by atoms with Crippen LogP contribution in [-0.4, -0.2) is 52.2 Å². The summed E-state index contributed by atoms with van der Waals surface area (Å²) in [6.45, 7) is 0.692. The number of alkyl halides is 3. The molecular formula is C26H29F3N2O4. The number of carbonyl (C=O) groups excluding carboxylic acids is 2. The Kier molecular flexibility index (Phi) is 6.66. The summed E-state index contributed by atoms with van der Waals surface area (Å²) >= 11 is 0. The molecule has 2 saturated carbocycles. The van der Waals surface area contributed by atoms with Gasteiger partial charge in [0.25, 0.3) is 5.91 Å². The van der Waals surface area contributed by atoms with Crippen LogP contribution in [0.3, 0.4) is 0 Å². The second-order valence-corrected chi connectivity index (χ2v) is 9.61. The monoisotopic (exact) mass is 490 g/mol. The number of benzene rings is 1. The fourth-order valence-electron chi connectivity index (χ4n) is 5.01. The fraction of sp³-hybridized carbons (Fsp3) is 0.500. The number of ether oxygens (including phenoxy) is 1. The first-order valence-corrected chi connectivity index (χ1v) is 11.7. The standard InChI is InChI=1S/C26H29F3N2O4/c1-24(34,26(27,28)29)18-8-6-17(7-9-18)22(32)31(19-10-11-19)20-12-14-25(15-13-20,23(33)35-2)21-5-3-4-16-30-21/h3-9,16,19-20,34H,10-15H2,1-2H3/t20?,24-,25?/m0/s1. The summed E-state index contributed by atoms with van der Waals surface area (Å²) < 4.78 is 44.6. The minimum absolute atomic E-state index is 0.0749. The molecule has 1 aromatic heterocycles. The molecule has 0 unspecified atom stereocenters. The van der Waals surface area contributed by atoms with Crippen molar-refractivity contribution in [2.75, 3.05) is 7.11 Å². The smallest absolute Gasteiger partial charge is 0.421 e. The zero-order valence-corrected chi connectivity index (χ0v) is 19.7. The van der Waals surface area contributed by atoms with E-state index in [1.165, 1.54) is 19.2 Å². The minimum atomic E-state index is -4.83. The van der Waals surface area contributed by atoms with E-state index in [-0.39, 0.29) is 35.1 Å². The van der Waals surface area contributed by atoms with Gasteiger partial charge in [-0.25, -0.2) is 0 Å². The lowest BCUT2D eigenvalue weighted by molar-refractivity contribution is -0.258. The Labute approximate surface area is 202 Å². The molecular weight excluding hydrogens is 461 g/mol. The number of halogens is 3. The van der Waals surface area contributed by atoms with E-state index in [2.05, 4.69) is 4.98 Å². The average molecular weight is 491 g/mol. The Morgan fingerprint density at radius 2 is 1.63 bits per heavy atom. The lowest BCUT2D eigenvalue weighted by Crippen LogP contribution is -2.49. The van der Waals surface area contributed by atoms with E-state index in [4.69, 9.17) is 4.74 Å². The normalized spacial score (nSPS) is 24.3. The van der Waals surface area contributed by atoms with Gasteiger partial charge < -0.3 is 14.7 Å². The van der Waals surface area contributed by atoms with Crippen LogP contribution in [0.15, 0.2) is 48.7 Å². The predicted octanol–water partition coefficient (Wildman–Crippen LogP) is 4.51. The third kappa shape index (κ3) is 4.66. The number of esters is 1. The van der Waals surface area contributed by atoms with Crippen molar-refractivity contribution in [3.8, 4) is 0 Å². The number of carbonyl (C=O) groups is 2. The molecule has 1 heterocycles. The molecule has 0 saturated heterocycles. The number of pyridine rings is 1. The molecule has 188 valence electrons. The first-order chi connectivity index (χ1) is 16.5. The van der Waals surface area contributed by atoms with Crippen molar-refractivity contribution in [1.82, 2.24) is 9.88 Å². The second-order valence-electron chi connectivity index (χ2n) is 9.61. The van der Waals surface area contributed by atoms with Crippen molar-refractivity contribution in [1.29, 1.82) is 0 Å². The van der Waals surface area contributed by atoms with E-state index in [0.29, 0.717) is 38.3 Å².